The molecule has 0 aromatic heterocycles. The van der Waals surface area contributed by atoms with Crippen molar-refractivity contribution in [1.82, 2.24) is 10.2 Å². The topological polar surface area (TPSA) is 15.3 Å². The van der Waals surface area contributed by atoms with E-state index in [1.165, 1.54) is 51.7 Å². The predicted molar refractivity (Wildman–Crippen MR) is 71.8 cm³/mol. The Labute approximate surface area is 101 Å². The van der Waals surface area contributed by atoms with Crippen molar-refractivity contribution >= 4 is 0 Å². The molecule has 1 rings (SSSR count). The normalized spacial score (nSPS) is 22.9. The summed E-state index contributed by atoms with van der Waals surface area (Å²) in [7, 11) is 0. The summed E-state index contributed by atoms with van der Waals surface area (Å²) in [5.74, 6) is 0.996. The maximum atomic E-state index is 3.71. The third kappa shape index (κ3) is 5.66. The van der Waals surface area contributed by atoms with E-state index in [4.69, 9.17) is 0 Å². The average molecular weight is 224 g/mol. The molecule has 16 heavy (non-hydrogen) atoms. The van der Waals surface area contributed by atoms with Gasteiger partial charge in [-0.25, -0.2) is 0 Å². The molecular weight excluding hydrogens is 196 g/mol. The molecule has 1 unspecified atom stereocenters. The zero-order valence-electron chi connectivity index (χ0n) is 10.9. The van der Waals surface area contributed by atoms with Crippen LogP contribution in [-0.4, -0.2) is 37.6 Å². The van der Waals surface area contributed by atoms with Crippen LogP contribution < -0.4 is 5.32 Å². The average Bonchev–Trinajstić information content (AvgIpc) is 2.51. The van der Waals surface area contributed by atoms with Gasteiger partial charge in [0.25, 0.3) is 0 Å². The fraction of sp³-hybridized carbons (Fsp3) is 0.857. The lowest BCUT2D eigenvalue weighted by molar-refractivity contribution is 0.280. The van der Waals surface area contributed by atoms with Gasteiger partial charge >= 0.3 is 0 Å². The van der Waals surface area contributed by atoms with Crippen LogP contribution in [-0.2, 0) is 0 Å². The van der Waals surface area contributed by atoms with E-state index in [2.05, 4.69) is 23.7 Å². The smallest absolute Gasteiger partial charge is 0.0132 e. The molecule has 1 N–H and O–H groups in total. The lowest BCUT2D eigenvalue weighted by Gasteiger charge is -2.20. The monoisotopic (exact) mass is 224 g/mol. The van der Waals surface area contributed by atoms with Crippen molar-refractivity contribution in [1.29, 1.82) is 0 Å². The minimum atomic E-state index is 0.937. The second kappa shape index (κ2) is 8.77. The first-order valence-corrected chi connectivity index (χ1v) is 6.90. The first-order chi connectivity index (χ1) is 7.86. The molecule has 0 bridgehead atoms. The fourth-order valence-corrected chi connectivity index (χ4v) is 2.59. The van der Waals surface area contributed by atoms with Gasteiger partial charge in [-0.05, 0) is 38.3 Å². The van der Waals surface area contributed by atoms with Gasteiger partial charge in [0, 0.05) is 19.6 Å². The second-order valence-corrected chi connectivity index (χ2v) is 4.92. The Hall–Kier alpha value is -0.340. The van der Waals surface area contributed by atoms with Crippen molar-refractivity contribution in [3.63, 3.8) is 0 Å². The van der Waals surface area contributed by atoms with E-state index in [-0.39, 0.29) is 0 Å². The molecule has 1 aliphatic rings. The third-order valence-electron chi connectivity index (χ3n) is 3.53. The van der Waals surface area contributed by atoms with E-state index >= 15 is 0 Å². The van der Waals surface area contributed by atoms with Gasteiger partial charge in [-0.2, -0.15) is 0 Å². The Morgan fingerprint density at radius 1 is 1.38 bits per heavy atom. The summed E-state index contributed by atoms with van der Waals surface area (Å²) >= 11 is 0. The van der Waals surface area contributed by atoms with Crippen molar-refractivity contribution < 1.29 is 0 Å². The summed E-state index contributed by atoms with van der Waals surface area (Å²) in [5, 5.41) is 3.38. The van der Waals surface area contributed by atoms with Gasteiger partial charge in [-0.3, -0.25) is 0 Å². The Morgan fingerprint density at radius 3 is 3.00 bits per heavy atom. The Kier molecular flexibility index (Phi) is 7.52. The fourth-order valence-electron chi connectivity index (χ4n) is 2.59. The quantitative estimate of drug-likeness (QED) is 0.528. The number of nitrogens with zero attached hydrogens (tertiary/aromatic N) is 1. The van der Waals surface area contributed by atoms with Crippen LogP contribution in [0.5, 0.6) is 0 Å². The molecule has 1 saturated heterocycles. The van der Waals surface area contributed by atoms with E-state index < -0.39 is 0 Å². The van der Waals surface area contributed by atoms with Crippen LogP contribution in [0.4, 0.5) is 0 Å². The minimum Gasteiger partial charge on any atom is -0.312 e. The van der Waals surface area contributed by atoms with Crippen LogP contribution >= 0.6 is 0 Å². The molecule has 0 aliphatic carbocycles. The molecule has 0 saturated carbocycles. The van der Waals surface area contributed by atoms with Crippen LogP contribution in [0.2, 0.25) is 0 Å². The van der Waals surface area contributed by atoms with Crippen molar-refractivity contribution in [3.05, 3.63) is 12.7 Å². The van der Waals surface area contributed by atoms with E-state index in [9.17, 15) is 0 Å². The highest BCUT2D eigenvalue weighted by Gasteiger charge is 2.15. The lowest BCUT2D eigenvalue weighted by Crippen LogP contribution is -2.33. The second-order valence-electron chi connectivity index (χ2n) is 4.92. The van der Waals surface area contributed by atoms with Gasteiger partial charge in [0.1, 0.15) is 0 Å². The number of hydrogen-bond donors (Lipinski definition) is 1. The van der Waals surface area contributed by atoms with Crippen LogP contribution in [0.3, 0.4) is 0 Å². The standard InChI is InChI=1S/C14H28N2/c1-3-6-14-7-5-11-16(12-8-14)13-10-15-9-4-2/h4,14-15H,2-3,5-13H2,1H3. The van der Waals surface area contributed by atoms with Gasteiger partial charge in [0.15, 0.2) is 0 Å². The minimum absolute atomic E-state index is 0.937. The van der Waals surface area contributed by atoms with E-state index in [1.807, 2.05) is 6.08 Å². The molecule has 1 atom stereocenters. The van der Waals surface area contributed by atoms with Gasteiger partial charge < -0.3 is 10.2 Å². The molecule has 0 spiro atoms. The van der Waals surface area contributed by atoms with Crippen molar-refractivity contribution in [2.45, 2.75) is 39.0 Å². The summed E-state index contributed by atoms with van der Waals surface area (Å²) < 4.78 is 0. The molecule has 2 heteroatoms. The zero-order valence-corrected chi connectivity index (χ0v) is 10.9. The largest absolute Gasteiger partial charge is 0.312 e. The molecule has 0 aromatic carbocycles. The summed E-state index contributed by atoms with van der Waals surface area (Å²) in [6.07, 6.45) is 8.97. The number of rotatable bonds is 7. The van der Waals surface area contributed by atoms with Gasteiger partial charge in [-0.15, -0.1) is 6.58 Å². The van der Waals surface area contributed by atoms with E-state index in [0.29, 0.717) is 0 Å². The summed E-state index contributed by atoms with van der Waals surface area (Å²) in [6, 6.07) is 0. The number of hydrogen-bond acceptors (Lipinski definition) is 2. The summed E-state index contributed by atoms with van der Waals surface area (Å²) in [6.45, 7) is 11.9. The van der Waals surface area contributed by atoms with Gasteiger partial charge in [0.2, 0.25) is 0 Å². The van der Waals surface area contributed by atoms with Crippen LogP contribution in [0.15, 0.2) is 12.7 Å². The van der Waals surface area contributed by atoms with Gasteiger partial charge in [-0.1, -0.05) is 25.8 Å². The summed E-state index contributed by atoms with van der Waals surface area (Å²) in [5.41, 5.74) is 0. The number of nitrogens with one attached hydrogen (secondary N) is 1. The van der Waals surface area contributed by atoms with Crippen molar-refractivity contribution in [2.75, 3.05) is 32.7 Å². The Morgan fingerprint density at radius 2 is 2.25 bits per heavy atom. The van der Waals surface area contributed by atoms with Crippen LogP contribution in [0.25, 0.3) is 0 Å². The highest BCUT2D eigenvalue weighted by molar-refractivity contribution is 4.73. The lowest BCUT2D eigenvalue weighted by atomic mass is 9.96. The Balaban J connectivity index is 2.12. The number of likely N-dealkylation sites (tertiary alicyclic amines) is 1. The van der Waals surface area contributed by atoms with Gasteiger partial charge in [0.05, 0.1) is 0 Å². The van der Waals surface area contributed by atoms with E-state index in [0.717, 1.165) is 19.0 Å². The van der Waals surface area contributed by atoms with Crippen molar-refractivity contribution in [2.24, 2.45) is 5.92 Å². The highest BCUT2D eigenvalue weighted by Crippen LogP contribution is 2.21. The maximum absolute atomic E-state index is 3.71. The zero-order chi connectivity index (χ0) is 11.6. The SMILES string of the molecule is C=CCNCCN1CCCC(CCC)CC1. The first-order valence-electron chi connectivity index (χ1n) is 6.90. The predicted octanol–water partition coefficient (Wildman–Crippen LogP) is 2.66. The van der Waals surface area contributed by atoms with Crippen LogP contribution in [0, 0.1) is 5.92 Å². The molecule has 94 valence electrons. The molecule has 0 aromatic rings. The Bertz CT molecular complexity index is 180. The molecule has 2 nitrogen and oxygen atoms in total. The summed E-state index contributed by atoms with van der Waals surface area (Å²) in [4.78, 5) is 2.62. The molecule has 1 heterocycles. The molecule has 1 fully saturated rings. The third-order valence-corrected chi connectivity index (χ3v) is 3.53. The maximum Gasteiger partial charge on any atom is 0.0132 e. The first kappa shape index (κ1) is 13.7. The molecule has 0 amide bonds. The molecular formula is C14H28N2. The molecule has 0 radical (unpaired) electrons. The van der Waals surface area contributed by atoms with Crippen molar-refractivity contribution in [3.8, 4) is 0 Å². The van der Waals surface area contributed by atoms with Crippen LogP contribution in [0.1, 0.15) is 39.0 Å². The van der Waals surface area contributed by atoms with E-state index in [1.54, 1.807) is 0 Å². The highest BCUT2D eigenvalue weighted by atomic mass is 15.1. The molecule has 1 aliphatic heterocycles.